The summed E-state index contributed by atoms with van der Waals surface area (Å²) in [6.45, 7) is 0. The van der Waals surface area contributed by atoms with E-state index >= 15 is 0 Å². The zero-order chi connectivity index (χ0) is 14.7. The fourth-order valence-electron chi connectivity index (χ4n) is 1.48. The smallest absolute Gasteiger partial charge is 0.290 e. The fraction of sp³-hybridized carbons (Fsp3) is 0. The molecule has 0 saturated heterocycles. The Balaban J connectivity index is 2.33. The Morgan fingerprint density at radius 3 is 2.50 bits per heavy atom. The Hall–Kier alpha value is -2.18. The highest BCUT2D eigenvalue weighted by atomic mass is 35.5. The minimum absolute atomic E-state index is 0.0444. The molecular weight excluding hydrogens is 305 g/mol. The number of nitrogens with one attached hydrogen (secondary N) is 1. The number of amides is 1. The van der Waals surface area contributed by atoms with E-state index in [2.05, 4.69) is 10.3 Å². The molecule has 102 valence electrons. The van der Waals surface area contributed by atoms with Gasteiger partial charge in [-0.25, -0.2) is 0 Å². The van der Waals surface area contributed by atoms with Gasteiger partial charge in [0.05, 0.1) is 9.95 Å². The molecular formula is C12H7Cl2N3O3. The maximum Gasteiger partial charge on any atom is 0.290 e. The quantitative estimate of drug-likeness (QED) is 0.693. The number of halogens is 2. The van der Waals surface area contributed by atoms with Crippen LogP contribution in [0, 0.1) is 10.1 Å². The Kier molecular flexibility index (Phi) is 4.16. The highest BCUT2D eigenvalue weighted by Gasteiger charge is 2.20. The van der Waals surface area contributed by atoms with Crippen LogP contribution < -0.4 is 5.32 Å². The number of rotatable bonds is 3. The van der Waals surface area contributed by atoms with E-state index in [0.717, 1.165) is 6.07 Å². The standard InChI is InChI=1S/C12H7Cl2N3O3/c13-9-5-7(6-10(11(9)14)17(19)20)12(18)16-8-1-3-15-4-2-8/h1-6H,(H,15,16,18). The van der Waals surface area contributed by atoms with E-state index in [9.17, 15) is 14.9 Å². The number of aromatic nitrogens is 1. The average molecular weight is 312 g/mol. The summed E-state index contributed by atoms with van der Waals surface area (Å²) in [6, 6.07) is 5.52. The van der Waals surface area contributed by atoms with Gasteiger partial charge in [0, 0.05) is 29.7 Å². The Morgan fingerprint density at radius 2 is 1.90 bits per heavy atom. The number of nitro groups is 1. The summed E-state index contributed by atoms with van der Waals surface area (Å²) >= 11 is 11.5. The summed E-state index contributed by atoms with van der Waals surface area (Å²) in [7, 11) is 0. The molecule has 0 saturated carbocycles. The van der Waals surface area contributed by atoms with Crippen molar-refractivity contribution in [3.05, 3.63) is 62.4 Å². The number of pyridine rings is 1. The van der Waals surface area contributed by atoms with E-state index in [-0.39, 0.29) is 15.6 Å². The summed E-state index contributed by atoms with van der Waals surface area (Å²) in [5.74, 6) is -0.530. The summed E-state index contributed by atoms with van der Waals surface area (Å²) in [6.07, 6.45) is 3.01. The van der Waals surface area contributed by atoms with Gasteiger partial charge in [0.25, 0.3) is 11.6 Å². The van der Waals surface area contributed by atoms with Gasteiger partial charge < -0.3 is 5.32 Å². The molecule has 0 bridgehead atoms. The predicted octanol–water partition coefficient (Wildman–Crippen LogP) is 3.55. The van der Waals surface area contributed by atoms with Gasteiger partial charge in [-0.1, -0.05) is 23.2 Å². The monoisotopic (exact) mass is 311 g/mol. The first-order valence-corrected chi connectivity index (χ1v) is 6.09. The van der Waals surface area contributed by atoms with Crippen LogP contribution in [0.25, 0.3) is 0 Å². The molecule has 0 aliphatic carbocycles. The Labute approximate surface area is 123 Å². The minimum Gasteiger partial charge on any atom is -0.322 e. The molecule has 1 heterocycles. The topological polar surface area (TPSA) is 85.1 Å². The third-order valence-corrected chi connectivity index (χ3v) is 3.20. The van der Waals surface area contributed by atoms with Crippen molar-refractivity contribution in [2.75, 3.05) is 5.32 Å². The molecule has 0 radical (unpaired) electrons. The summed E-state index contributed by atoms with van der Waals surface area (Å²) in [5, 5.41) is 13.1. The fourth-order valence-corrected chi connectivity index (χ4v) is 1.87. The lowest BCUT2D eigenvalue weighted by Gasteiger charge is -2.06. The molecule has 20 heavy (non-hydrogen) atoms. The van der Waals surface area contributed by atoms with Crippen molar-refractivity contribution in [1.29, 1.82) is 0 Å². The molecule has 0 fully saturated rings. The van der Waals surface area contributed by atoms with Crippen LogP contribution >= 0.6 is 23.2 Å². The molecule has 0 atom stereocenters. The zero-order valence-electron chi connectivity index (χ0n) is 9.84. The van der Waals surface area contributed by atoms with Crippen LogP contribution in [0.3, 0.4) is 0 Å². The molecule has 6 nitrogen and oxygen atoms in total. The Morgan fingerprint density at radius 1 is 1.25 bits per heavy atom. The molecule has 2 rings (SSSR count). The van der Waals surface area contributed by atoms with Crippen molar-refractivity contribution in [2.45, 2.75) is 0 Å². The molecule has 0 aliphatic heterocycles. The molecule has 1 amide bonds. The van der Waals surface area contributed by atoms with Crippen molar-refractivity contribution in [2.24, 2.45) is 0 Å². The van der Waals surface area contributed by atoms with E-state index in [1.165, 1.54) is 18.5 Å². The molecule has 1 aromatic heterocycles. The number of hydrogen-bond acceptors (Lipinski definition) is 4. The number of benzene rings is 1. The second-order valence-electron chi connectivity index (χ2n) is 3.74. The van der Waals surface area contributed by atoms with E-state index < -0.39 is 16.5 Å². The van der Waals surface area contributed by atoms with Crippen molar-refractivity contribution in [3.8, 4) is 0 Å². The van der Waals surface area contributed by atoms with Crippen LogP contribution in [-0.4, -0.2) is 15.8 Å². The predicted molar refractivity (Wildman–Crippen MR) is 75.3 cm³/mol. The van der Waals surface area contributed by atoms with Gasteiger partial charge in [-0.15, -0.1) is 0 Å². The third kappa shape index (κ3) is 3.04. The molecule has 0 unspecified atom stereocenters. The van der Waals surface area contributed by atoms with Crippen LogP contribution in [-0.2, 0) is 0 Å². The summed E-state index contributed by atoms with van der Waals surface area (Å²) in [4.78, 5) is 25.9. The van der Waals surface area contributed by atoms with Crippen molar-refractivity contribution in [3.63, 3.8) is 0 Å². The van der Waals surface area contributed by atoms with Gasteiger partial charge in [-0.2, -0.15) is 0 Å². The zero-order valence-corrected chi connectivity index (χ0v) is 11.4. The SMILES string of the molecule is O=C(Nc1ccncc1)c1cc(Cl)c(Cl)c([N+](=O)[O-])c1. The second-order valence-corrected chi connectivity index (χ2v) is 4.52. The largest absolute Gasteiger partial charge is 0.322 e. The lowest BCUT2D eigenvalue weighted by atomic mass is 10.2. The second kappa shape index (κ2) is 5.85. The number of nitrogens with zero attached hydrogens (tertiary/aromatic N) is 2. The number of nitro benzene ring substituents is 1. The van der Waals surface area contributed by atoms with Crippen LogP contribution in [0.5, 0.6) is 0 Å². The summed E-state index contributed by atoms with van der Waals surface area (Å²) < 4.78 is 0. The van der Waals surface area contributed by atoms with Gasteiger partial charge in [0.2, 0.25) is 0 Å². The van der Waals surface area contributed by atoms with Gasteiger partial charge in [-0.3, -0.25) is 19.9 Å². The maximum absolute atomic E-state index is 12.0. The molecule has 8 heteroatoms. The van der Waals surface area contributed by atoms with Crippen LogP contribution in [0.15, 0.2) is 36.7 Å². The van der Waals surface area contributed by atoms with E-state index in [0.29, 0.717) is 5.69 Å². The lowest BCUT2D eigenvalue weighted by Crippen LogP contribution is -2.12. The first kappa shape index (κ1) is 14.2. The van der Waals surface area contributed by atoms with Crippen LogP contribution in [0.4, 0.5) is 11.4 Å². The van der Waals surface area contributed by atoms with Crippen molar-refractivity contribution < 1.29 is 9.72 Å². The minimum atomic E-state index is -0.697. The average Bonchev–Trinajstić information content (AvgIpc) is 2.42. The first-order chi connectivity index (χ1) is 9.49. The first-order valence-electron chi connectivity index (χ1n) is 5.34. The van der Waals surface area contributed by atoms with E-state index in [1.54, 1.807) is 12.1 Å². The number of carbonyl (C=O) groups excluding carboxylic acids is 1. The van der Waals surface area contributed by atoms with Gasteiger partial charge in [-0.05, 0) is 18.2 Å². The van der Waals surface area contributed by atoms with Crippen molar-refractivity contribution >= 4 is 40.5 Å². The summed E-state index contributed by atoms with van der Waals surface area (Å²) in [5.41, 5.74) is 0.140. The number of carbonyl (C=O) groups is 1. The highest BCUT2D eigenvalue weighted by molar-refractivity contribution is 6.43. The third-order valence-electron chi connectivity index (χ3n) is 2.41. The highest BCUT2D eigenvalue weighted by Crippen LogP contribution is 2.33. The van der Waals surface area contributed by atoms with Crippen LogP contribution in [0.1, 0.15) is 10.4 Å². The van der Waals surface area contributed by atoms with Gasteiger partial charge in [0.1, 0.15) is 5.02 Å². The number of hydrogen-bond donors (Lipinski definition) is 1. The maximum atomic E-state index is 12.0. The van der Waals surface area contributed by atoms with Crippen LogP contribution in [0.2, 0.25) is 10.0 Å². The van der Waals surface area contributed by atoms with Gasteiger partial charge in [0.15, 0.2) is 0 Å². The lowest BCUT2D eigenvalue weighted by molar-refractivity contribution is -0.384. The van der Waals surface area contributed by atoms with E-state index in [4.69, 9.17) is 23.2 Å². The molecule has 1 aromatic carbocycles. The van der Waals surface area contributed by atoms with E-state index in [1.807, 2.05) is 0 Å². The number of anilines is 1. The molecule has 0 aliphatic rings. The Bertz CT molecular complexity index is 677. The van der Waals surface area contributed by atoms with Gasteiger partial charge >= 0.3 is 0 Å². The molecule has 2 aromatic rings. The molecule has 1 N–H and O–H groups in total. The molecule has 0 spiro atoms. The normalized spacial score (nSPS) is 10.1. The van der Waals surface area contributed by atoms with Crippen molar-refractivity contribution in [1.82, 2.24) is 4.98 Å².